The molecule has 0 atom stereocenters. The molecule has 1 saturated heterocycles. The third-order valence-electron chi connectivity index (χ3n) is 6.07. The summed E-state index contributed by atoms with van der Waals surface area (Å²) in [5.41, 5.74) is 4.25. The van der Waals surface area contributed by atoms with Gasteiger partial charge in [0.25, 0.3) is 0 Å². The van der Waals surface area contributed by atoms with Crippen LogP contribution in [0.5, 0.6) is 5.75 Å². The second-order valence-corrected chi connectivity index (χ2v) is 9.07. The lowest BCUT2D eigenvalue weighted by molar-refractivity contribution is -0.116. The molecule has 2 aliphatic heterocycles. The van der Waals surface area contributed by atoms with Gasteiger partial charge in [-0.1, -0.05) is 35.3 Å². The van der Waals surface area contributed by atoms with E-state index in [1.54, 1.807) is 0 Å². The van der Waals surface area contributed by atoms with Crippen molar-refractivity contribution in [2.45, 2.75) is 32.6 Å². The van der Waals surface area contributed by atoms with Crippen molar-refractivity contribution in [3.05, 3.63) is 51.5 Å². The first-order chi connectivity index (χ1) is 15.0. The number of hydrogen-bond donors (Lipinski definition) is 1. The second-order valence-electron chi connectivity index (χ2n) is 8.28. The van der Waals surface area contributed by atoms with E-state index < -0.39 is 0 Å². The van der Waals surface area contributed by atoms with Crippen LogP contribution < -0.4 is 15.0 Å². The van der Waals surface area contributed by atoms with Crippen LogP contribution in [0.3, 0.4) is 0 Å². The largest absolute Gasteiger partial charge is 0.493 e. The SMILES string of the molecule is Cc1cc2c(cc1OCCCCN1CCN(c3cccc(Cl)c3Cl)CC1)NC(=O)CC2. The quantitative estimate of drug-likeness (QED) is 0.577. The summed E-state index contributed by atoms with van der Waals surface area (Å²) in [7, 11) is 0. The molecular weight excluding hydrogens is 433 g/mol. The van der Waals surface area contributed by atoms with Crippen molar-refractivity contribution < 1.29 is 9.53 Å². The Hall–Kier alpha value is -1.95. The fourth-order valence-electron chi connectivity index (χ4n) is 4.26. The lowest BCUT2D eigenvalue weighted by Crippen LogP contribution is -2.46. The number of hydrogen-bond acceptors (Lipinski definition) is 4. The summed E-state index contributed by atoms with van der Waals surface area (Å²) >= 11 is 12.5. The fourth-order valence-corrected chi connectivity index (χ4v) is 4.67. The van der Waals surface area contributed by atoms with E-state index in [-0.39, 0.29) is 5.91 Å². The summed E-state index contributed by atoms with van der Waals surface area (Å²) in [6.45, 7) is 7.77. The number of fused-ring (bicyclic) bond motifs is 1. The highest BCUT2D eigenvalue weighted by molar-refractivity contribution is 6.43. The van der Waals surface area contributed by atoms with Gasteiger partial charge in [-0.15, -0.1) is 0 Å². The third-order valence-corrected chi connectivity index (χ3v) is 6.88. The number of rotatable bonds is 7. The first-order valence-electron chi connectivity index (χ1n) is 11.0. The van der Waals surface area contributed by atoms with Crippen LogP contribution in [-0.4, -0.2) is 50.1 Å². The molecule has 0 radical (unpaired) electrons. The van der Waals surface area contributed by atoms with Gasteiger partial charge in [0.2, 0.25) is 5.91 Å². The van der Waals surface area contributed by atoms with E-state index in [2.05, 4.69) is 28.1 Å². The Morgan fingerprint density at radius 2 is 1.87 bits per heavy atom. The molecule has 2 aromatic carbocycles. The van der Waals surface area contributed by atoms with Crippen LogP contribution in [0.15, 0.2) is 30.3 Å². The van der Waals surface area contributed by atoms with Gasteiger partial charge in [0.1, 0.15) is 5.75 Å². The van der Waals surface area contributed by atoms with E-state index in [0.29, 0.717) is 23.1 Å². The molecule has 1 fully saturated rings. The lowest BCUT2D eigenvalue weighted by atomic mass is 10.0. The maximum absolute atomic E-state index is 11.6. The highest BCUT2D eigenvalue weighted by atomic mass is 35.5. The predicted molar refractivity (Wildman–Crippen MR) is 128 cm³/mol. The van der Waals surface area contributed by atoms with Gasteiger partial charge in [-0.3, -0.25) is 9.69 Å². The monoisotopic (exact) mass is 461 g/mol. The molecule has 0 saturated carbocycles. The van der Waals surface area contributed by atoms with Crippen LogP contribution in [0.4, 0.5) is 11.4 Å². The molecule has 31 heavy (non-hydrogen) atoms. The molecule has 7 heteroatoms. The Bertz CT molecular complexity index is 943. The number of carbonyl (C=O) groups excluding carboxylic acids is 1. The number of nitrogens with zero attached hydrogens (tertiary/aromatic N) is 2. The first kappa shape index (κ1) is 22.3. The van der Waals surface area contributed by atoms with Crippen molar-refractivity contribution in [3.8, 4) is 5.75 Å². The van der Waals surface area contributed by atoms with E-state index >= 15 is 0 Å². The number of anilines is 2. The Kier molecular flexibility index (Phi) is 7.26. The van der Waals surface area contributed by atoms with Crippen molar-refractivity contribution >= 4 is 40.5 Å². The summed E-state index contributed by atoms with van der Waals surface area (Å²) in [6, 6.07) is 9.93. The summed E-state index contributed by atoms with van der Waals surface area (Å²) < 4.78 is 6.02. The molecule has 1 N–H and O–H groups in total. The van der Waals surface area contributed by atoms with Crippen LogP contribution in [-0.2, 0) is 11.2 Å². The Balaban J connectivity index is 1.18. The highest BCUT2D eigenvalue weighted by Gasteiger charge is 2.20. The Morgan fingerprint density at radius 3 is 2.68 bits per heavy atom. The molecule has 2 heterocycles. The minimum absolute atomic E-state index is 0.0834. The van der Waals surface area contributed by atoms with Crippen LogP contribution >= 0.6 is 23.2 Å². The minimum Gasteiger partial charge on any atom is -0.493 e. The van der Waals surface area contributed by atoms with Gasteiger partial charge in [-0.2, -0.15) is 0 Å². The topological polar surface area (TPSA) is 44.8 Å². The average molecular weight is 462 g/mol. The molecule has 4 rings (SSSR count). The number of piperazine rings is 1. The Labute approximate surface area is 194 Å². The maximum Gasteiger partial charge on any atom is 0.224 e. The average Bonchev–Trinajstić information content (AvgIpc) is 2.76. The van der Waals surface area contributed by atoms with E-state index in [1.165, 1.54) is 5.56 Å². The second kappa shape index (κ2) is 10.1. The highest BCUT2D eigenvalue weighted by Crippen LogP contribution is 2.33. The number of ether oxygens (including phenoxy) is 1. The Morgan fingerprint density at radius 1 is 1.06 bits per heavy atom. The minimum atomic E-state index is 0.0834. The van der Waals surface area contributed by atoms with Crippen molar-refractivity contribution in [2.75, 3.05) is 49.5 Å². The number of carbonyl (C=O) groups is 1. The molecule has 166 valence electrons. The van der Waals surface area contributed by atoms with Crippen molar-refractivity contribution in [2.24, 2.45) is 0 Å². The predicted octanol–water partition coefficient (Wildman–Crippen LogP) is 5.17. The molecule has 2 aromatic rings. The lowest BCUT2D eigenvalue weighted by Gasteiger charge is -2.36. The van der Waals surface area contributed by atoms with Gasteiger partial charge >= 0.3 is 0 Å². The fraction of sp³-hybridized carbons (Fsp3) is 0.458. The standard InChI is InChI=1S/C24H29Cl2N3O2/c1-17-15-18-7-8-23(30)27-20(18)16-22(17)31-14-3-2-9-28-10-12-29(13-11-28)21-6-4-5-19(25)24(21)26/h4-6,15-16H,2-3,7-14H2,1H3,(H,27,30). The van der Waals surface area contributed by atoms with Gasteiger partial charge in [0, 0.05) is 44.4 Å². The number of nitrogens with one attached hydrogen (secondary N) is 1. The molecule has 0 unspecified atom stereocenters. The van der Waals surface area contributed by atoms with E-state index in [1.807, 2.05) is 24.3 Å². The molecule has 0 spiro atoms. The number of aryl methyl sites for hydroxylation is 2. The van der Waals surface area contributed by atoms with Crippen LogP contribution in [0, 0.1) is 6.92 Å². The summed E-state index contributed by atoms with van der Waals surface area (Å²) in [5, 5.41) is 4.20. The third kappa shape index (κ3) is 5.46. The smallest absolute Gasteiger partial charge is 0.224 e. The van der Waals surface area contributed by atoms with Gasteiger partial charge in [0.15, 0.2) is 0 Å². The molecule has 5 nitrogen and oxygen atoms in total. The zero-order chi connectivity index (χ0) is 21.8. The van der Waals surface area contributed by atoms with Gasteiger partial charge in [-0.25, -0.2) is 0 Å². The van der Waals surface area contributed by atoms with Gasteiger partial charge in [0.05, 0.1) is 22.3 Å². The number of amides is 1. The summed E-state index contributed by atoms with van der Waals surface area (Å²) in [6.07, 6.45) is 3.47. The van der Waals surface area contributed by atoms with Gasteiger partial charge in [-0.05, 0) is 56.0 Å². The van der Waals surface area contributed by atoms with Crippen molar-refractivity contribution in [1.29, 1.82) is 0 Å². The van der Waals surface area contributed by atoms with E-state index in [9.17, 15) is 4.79 Å². The molecule has 0 aromatic heterocycles. The van der Waals surface area contributed by atoms with E-state index in [0.717, 1.165) is 74.7 Å². The van der Waals surface area contributed by atoms with E-state index in [4.69, 9.17) is 27.9 Å². The zero-order valence-corrected chi connectivity index (χ0v) is 19.4. The summed E-state index contributed by atoms with van der Waals surface area (Å²) in [5.74, 6) is 0.952. The van der Waals surface area contributed by atoms with Gasteiger partial charge < -0.3 is 15.0 Å². The van der Waals surface area contributed by atoms with Crippen LogP contribution in [0.1, 0.15) is 30.4 Å². The van der Waals surface area contributed by atoms with Crippen molar-refractivity contribution in [1.82, 2.24) is 4.90 Å². The molecule has 0 bridgehead atoms. The molecule has 0 aliphatic carbocycles. The first-order valence-corrected chi connectivity index (χ1v) is 11.7. The van der Waals surface area contributed by atoms with Crippen molar-refractivity contribution in [3.63, 3.8) is 0 Å². The molecular formula is C24H29Cl2N3O2. The normalized spacial score (nSPS) is 16.7. The maximum atomic E-state index is 11.6. The number of benzene rings is 2. The summed E-state index contributed by atoms with van der Waals surface area (Å²) in [4.78, 5) is 16.4. The number of unbranched alkanes of at least 4 members (excludes halogenated alkanes) is 1. The molecule has 2 aliphatic rings. The zero-order valence-electron chi connectivity index (χ0n) is 17.9. The van der Waals surface area contributed by atoms with Crippen LogP contribution in [0.2, 0.25) is 10.0 Å². The van der Waals surface area contributed by atoms with Crippen LogP contribution in [0.25, 0.3) is 0 Å². The number of halogens is 2. The molecule has 1 amide bonds.